The molecule has 0 aliphatic heterocycles. The first-order valence-electron chi connectivity index (χ1n) is 6.74. The molecule has 0 amide bonds. The zero-order chi connectivity index (χ0) is 13.5. The lowest BCUT2D eigenvalue weighted by molar-refractivity contribution is 0.414. The Hall–Kier alpha value is -1.80. The van der Waals surface area contributed by atoms with Crippen molar-refractivity contribution in [1.82, 2.24) is 5.32 Å². The maximum Gasteiger partial charge on any atom is 0.118 e. The lowest BCUT2D eigenvalue weighted by Crippen LogP contribution is -2.20. The van der Waals surface area contributed by atoms with Crippen molar-refractivity contribution in [2.24, 2.45) is 0 Å². The summed E-state index contributed by atoms with van der Waals surface area (Å²) in [6.07, 6.45) is 1.07. The van der Waals surface area contributed by atoms with Crippen LogP contribution in [0.5, 0.6) is 5.75 Å². The van der Waals surface area contributed by atoms with E-state index in [9.17, 15) is 0 Å². The third kappa shape index (κ3) is 3.83. The molecule has 19 heavy (non-hydrogen) atoms. The molecule has 1 atom stereocenters. The number of methoxy groups -OCH3 is 1. The third-order valence-corrected chi connectivity index (χ3v) is 3.32. The minimum atomic E-state index is 0.381. The van der Waals surface area contributed by atoms with Gasteiger partial charge in [-0.2, -0.15) is 0 Å². The van der Waals surface area contributed by atoms with Gasteiger partial charge in [-0.05, 0) is 29.7 Å². The normalized spacial score (nSPS) is 12.1. The summed E-state index contributed by atoms with van der Waals surface area (Å²) in [5, 5.41) is 3.60. The Balaban J connectivity index is 1.99. The average Bonchev–Trinajstić information content (AvgIpc) is 2.49. The maximum absolute atomic E-state index is 5.19. The van der Waals surface area contributed by atoms with Gasteiger partial charge >= 0.3 is 0 Å². The van der Waals surface area contributed by atoms with Crippen molar-refractivity contribution in [3.05, 3.63) is 65.7 Å². The van der Waals surface area contributed by atoms with Crippen LogP contribution in [0.2, 0.25) is 0 Å². The van der Waals surface area contributed by atoms with Gasteiger partial charge in [-0.1, -0.05) is 49.4 Å². The van der Waals surface area contributed by atoms with Gasteiger partial charge in [0.05, 0.1) is 7.11 Å². The van der Waals surface area contributed by atoms with E-state index in [1.165, 1.54) is 11.1 Å². The Morgan fingerprint density at radius 1 is 1.00 bits per heavy atom. The zero-order valence-electron chi connectivity index (χ0n) is 11.6. The lowest BCUT2D eigenvalue weighted by Gasteiger charge is -2.18. The van der Waals surface area contributed by atoms with Crippen LogP contribution >= 0.6 is 0 Å². The molecule has 0 unspecified atom stereocenters. The van der Waals surface area contributed by atoms with Gasteiger partial charge < -0.3 is 10.1 Å². The van der Waals surface area contributed by atoms with Gasteiger partial charge in [0, 0.05) is 12.6 Å². The summed E-state index contributed by atoms with van der Waals surface area (Å²) in [7, 11) is 1.69. The highest BCUT2D eigenvalue weighted by atomic mass is 16.5. The van der Waals surface area contributed by atoms with Crippen LogP contribution in [0.25, 0.3) is 0 Å². The van der Waals surface area contributed by atoms with E-state index >= 15 is 0 Å². The minimum absolute atomic E-state index is 0.381. The molecule has 2 rings (SSSR count). The smallest absolute Gasteiger partial charge is 0.118 e. The molecular weight excluding hydrogens is 234 g/mol. The average molecular weight is 255 g/mol. The van der Waals surface area contributed by atoms with Crippen molar-refractivity contribution in [2.75, 3.05) is 7.11 Å². The number of hydrogen-bond donors (Lipinski definition) is 1. The van der Waals surface area contributed by atoms with Crippen LogP contribution in [0.3, 0.4) is 0 Å². The van der Waals surface area contributed by atoms with Gasteiger partial charge in [-0.15, -0.1) is 0 Å². The summed E-state index contributed by atoms with van der Waals surface area (Å²) >= 11 is 0. The summed E-state index contributed by atoms with van der Waals surface area (Å²) < 4.78 is 5.19. The van der Waals surface area contributed by atoms with Gasteiger partial charge in [0.2, 0.25) is 0 Å². The van der Waals surface area contributed by atoms with Crippen LogP contribution in [0, 0.1) is 0 Å². The molecule has 0 saturated heterocycles. The zero-order valence-corrected chi connectivity index (χ0v) is 11.6. The highest BCUT2D eigenvalue weighted by Crippen LogP contribution is 2.20. The highest BCUT2D eigenvalue weighted by Gasteiger charge is 2.08. The number of nitrogens with one attached hydrogen (secondary N) is 1. The van der Waals surface area contributed by atoms with E-state index in [4.69, 9.17) is 4.74 Å². The van der Waals surface area contributed by atoms with E-state index in [0.29, 0.717) is 6.04 Å². The Morgan fingerprint density at radius 3 is 2.26 bits per heavy atom. The molecule has 0 heterocycles. The van der Waals surface area contributed by atoms with Crippen molar-refractivity contribution in [3.8, 4) is 5.75 Å². The molecule has 2 heteroatoms. The summed E-state index contributed by atoms with van der Waals surface area (Å²) in [6, 6.07) is 19.2. The van der Waals surface area contributed by atoms with Crippen molar-refractivity contribution in [1.29, 1.82) is 0 Å². The predicted octanol–water partition coefficient (Wildman–Crippen LogP) is 3.94. The fraction of sp³-hybridized carbons (Fsp3) is 0.294. The van der Waals surface area contributed by atoms with E-state index in [0.717, 1.165) is 18.7 Å². The van der Waals surface area contributed by atoms with Crippen LogP contribution in [0.4, 0.5) is 0 Å². The maximum atomic E-state index is 5.19. The van der Waals surface area contributed by atoms with Crippen LogP contribution in [0.1, 0.15) is 30.5 Å². The van der Waals surface area contributed by atoms with E-state index < -0.39 is 0 Å². The highest BCUT2D eigenvalue weighted by molar-refractivity contribution is 5.29. The van der Waals surface area contributed by atoms with Crippen molar-refractivity contribution >= 4 is 0 Å². The molecule has 0 aromatic heterocycles. The molecule has 0 aliphatic carbocycles. The lowest BCUT2D eigenvalue weighted by atomic mass is 10.0. The molecule has 1 N–H and O–H groups in total. The first-order valence-corrected chi connectivity index (χ1v) is 6.74. The van der Waals surface area contributed by atoms with Crippen molar-refractivity contribution in [2.45, 2.75) is 25.9 Å². The van der Waals surface area contributed by atoms with Gasteiger partial charge in [0.1, 0.15) is 5.75 Å². The number of hydrogen-bond acceptors (Lipinski definition) is 2. The molecule has 0 saturated carbocycles. The topological polar surface area (TPSA) is 21.3 Å². The second-order valence-corrected chi connectivity index (χ2v) is 4.60. The molecule has 2 aromatic rings. The third-order valence-electron chi connectivity index (χ3n) is 3.32. The van der Waals surface area contributed by atoms with E-state index in [2.05, 4.69) is 48.6 Å². The quantitative estimate of drug-likeness (QED) is 0.844. The molecular formula is C17H21NO. The number of benzene rings is 2. The van der Waals surface area contributed by atoms with Gasteiger partial charge in [-0.25, -0.2) is 0 Å². The van der Waals surface area contributed by atoms with Gasteiger partial charge in [0.25, 0.3) is 0 Å². The molecule has 100 valence electrons. The molecule has 0 spiro atoms. The molecule has 2 nitrogen and oxygen atoms in total. The fourth-order valence-corrected chi connectivity index (χ4v) is 2.17. The van der Waals surface area contributed by atoms with E-state index in [-0.39, 0.29) is 0 Å². The Bertz CT molecular complexity index is 478. The van der Waals surface area contributed by atoms with Crippen molar-refractivity contribution < 1.29 is 4.74 Å². The molecule has 0 fully saturated rings. The second-order valence-electron chi connectivity index (χ2n) is 4.60. The summed E-state index contributed by atoms with van der Waals surface area (Å²) in [5.74, 6) is 0.904. The molecule has 0 aliphatic rings. The predicted molar refractivity (Wildman–Crippen MR) is 79.3 cm³/mol. The van der Waals surface area contributed by atoms with Crippen LogP contribution in [-0.2, 0) is 6.54 Å². The molecule has 0 radical (unpaired) electrons. The van der Waals surface area contributed by atoms with Gasteiger partial charge in [-0.3, -0.25) is 0 Å². The molecule has 0 bridgehead atoms. The number of ether oxygens (including phenoxy) is 1. The van der Waals surface area contributed by atoms with Crippen LogP contribution < -0.4 is 10.1 Å². The van der Waals surface area contributed by atoms with E-state index in [1.54, 1.807) is 7.11 Å². The Morgan fingerprint density at radius 2 is 1.68 bits per heavy atom. The largest absolute Gasteiger partial charge is 0.497 e. The first-order chi connectivity index (χ1) is 9.33. The number of rotatable bonds is 6. The SMILES string of the molecule is CC[C@@H](NCc1ccccc1)c1ccc(OC)cc1. The Kier molecular flexibility index (Phi) is 4.99. The monoisotopic (exact) mass is 255 g/mol. The Labute approximate surface area is 115 Å². The minimum Gasteiger partial charge on any atom is -0.497 e. The van der Waals surface area contributed by atoms with Crippen LogP contribution in [-0.4, -0.2) is 7.11 Å². The second kappa shape index (κ2) is 6.95. The first kappa shape index (κ1) is 13.6. The fourth-order valence-electron chi connectivity index (χ4n) is 2.17. The van der Waals surface area contributed by atoms with Gasteiger partial charge in [0.15, 0.2) is 0 Å². The van der Waals surface area contributed by atoms with Crippen LogP contribution in [0.15, 0.2) is 54.6 Å². The van der Waals surface area contributed by atoms with Crippen molar-refractivity contribution in [3.63, 3.8) is 0 Å². The molecule has 2 aromatic carbocycles. The summed E-state index contributed by atoms with van der Waals surface area (Å²) in [4.78, 5) is 0. The summed E-state index contributed by atoms with van der Waals surface area (Å²) in [5.41, 5.74) is 2.62. The summed E-state index contributed by atoms with van der Waals surface area (Å²) in [6.45, 7) is 3.10. The standard InChI is InChI=1S/C17H21NO/c1-3-17(15-9-11-16(19-2)12-10-15)18-13-14-7-5-4-6-8-14/h4-12,17-18H,3,13H2,1-2H3/t17-/m1/s1. The van der Waals surface area contributed by atoms with E-state index in [1.807, 2.05) is 18.2 Å².